The molecule has 1 unspecified atom stereocenters. The van der Waals surface area contributed by atoms with Gasteiger partial charge in [0.2, 0.25) is 5.91 Å². The molecule has 0 heterocycles. The molecule has 1 amide bonds. The number of hydrogen-bond acceptors (Lipinski definition) is 2. The largest absolute Gasteiger partial charge is 0.366 e. The first-order chi connectivity index (χ1) is 11.4. The second-order valence-electron chi connectivity index (χ2n) is 6.63. The smallest absolute Gasteiger partial charge is 0.248 e. The summed E-state index contributed by atoms with van der Waals surface area (Å²) >= 11 is 0. The maximum Gasteiger partial charge on any atom is 0.248 e. The lowest BCUT2D eigenvalue weighted by molar-refractivity contribution is 0.100. The number of nitrogens with two attached hydrogens (primary N) is 1. The van der Waals surface area contributed by atoms with Crippen molar-refractivity contribution in [3.05, 3.63) is 35.4 Å². The van der Waals surface area contributed by atoms with Gasteiger partial charge in [-0.15, -0.1) is 0 Å². The van der Waals surface area contributed by atoms with Gasteiger partial charge in [0.25, 0.3) is 0 Å². The molecule has 0 bridgehead atoms. The van der Waals surface area contributed by atoms with E-state index >= 15 is 0 Å². The van der Waals surface area contributed by atoms with E-state index in [0.29, 0.717) is 18.2 Å². The molecule has 0 aliphatic rings. The predicted molar refractivity (Wildman–Crippen MR) is 101 cm³/mol. The molecule has 1 aromatic carbocycles. The zero-order valence-corrected chi connectivity index (χ0v) is 15.4. The molecule has 0 radical (unpaired) electrons. The number of carbonyl (C=O) groups excluding carboxylic acids is 1. The Hall–Kier alpha value is -2.04. The van der Waals surface area contributed by atoms with Crippen molar-refractivity contribution < 1.29 is 4.79 Å². The molecule has 0 aromatic heterocycles. The van der Waals surface area contributed by atoms with Crippen molar-refractivity contribution in [2.24, 2.45) is 16.6 Å². The van der Waals surface area contributed by atoms with Crippen LogP contribution in [0.1, 0.15) is 62.9 Å². The Morgan fingerprint density at radius 2 is 1.83 bits per heavy atom. The number of benzene rings is 1. The molecule has 5 heteroatoms. The van der Waals surface area contributed by atoms with Crippen LogP contribution >= 0.6 is 0 Å². The Kier molecular flexibility index (Phi) is 8.90. The van der Waals surface area contributed by atoms with Gasteiger partial charge in [-0.25, -0.2) is 4.99 Å². The summed E-state index contributed by atoms with van der Waals surface area (Å²) in [7, 11) is 0. The first-order valence-corrected chi connectivity index (χ1v) is 8.86. The molecule has 0 aliphatic carbocycles. The summed E-state index contributed by atoms with van der Waals surface area (Å²) in [6, 6.07) is 7.64. The third-order valence-corrected chi connectivity index (χ3v) is 3.80. The van der Waals surface area contributed by atoms with Crippen molar-refractivity contribution in [1.29, 1.82) is 0 Å². The maximum atomic E-state index is 11.1. The third-order valence-electron chi connectivity index (χ3n) is 3.80. The normalized spacial score (nSPS) is 13.0. The number of amides is 1. The SMILES string of the molecule is CCNC(=NCc1ccc(C(N)=O)cc1)NC(C)CCCC(C)C. The molecule has 0 saturated heterocycles. The number of guanidine groups is 1. The predicted octanol–water partition coefficient (Wildman–Crippen LogP) is 3.06. The Morgan fingerprint density at radius 3 is 2.38 bits per heavy atom. The van der Waals surface area contributed by atoms with Crippen molar-refractivity contribution in [3.8, 4) is 0 Å². The van der Waals surface area contributed by atoms with Gasteiger partial charge in [0.1, 0.15) is 0 Å². The zero-order chi connectivity index (χ0) is 17.9. The van der Waals surface area contributed by atoms with E-state index in [1.807, 2.05) is 12.1 Å². The van der Waals surface area contributed by atoms with E-state index in [2.05, 4.69) is 43.3 Å². The van der Waals surface area contributed by atoms with E-state index in [0.717, 1.165) is 30.4 Å². The number of hydrogen-bond donors (Lipinski definition) is 3. The highest BCUT2D eigenvalue weighted by Crippen LogP contribution is 2.08. The molecule has 0 saturated carbocycles. The van der Waals surface area contributed by atoms with Crippen molar-refractivity contribution in [2.45, 2.75) is 59.5 Å². The summed E-state index contributed by atoms with van der Waals surface area (Å²) in [6.07, 6.45) is 3.61. The highest BCUT2D eigenvalue weighted by molar-refractivity contribution is 5.92. The molecule has 24 heavy (non-hydrogen) atoms. The Morgan fingerprint density at radius 1 is 1.17 bits per heavy atom. The van der Waals surface area contributed by atoms with Crippen LogP contribution in [0.2, 0.25) is 0 Å². The fourth-order valence-corrected chi connectivity index (χ4v) is 2.40. The van der Waals surface area contributed by atoms with E-state index in [9.17, 15) is 4.79 Å². The summed E-state index contributed by atoms with van der Waals surface area (Å²) in [5.74, 6) is 1.17. The van der Waals surface area contributed by atoms with Crippen LogP contribution in [0.5, 0.6) is 0 Å². The number of aliphatic imine (C=N–C) groups is 1. The molecule has 0 fully saturated rings. The van der Waals surface area contributed by atoms with Crippen molar-refractivity contribution in [1.82, 2.24) is 10.6 Å². The lowest BCUT2D eigenvalue weighted by Gasteiger charge is -2.18. The Balaban J connectivity index is 2.56. The van der Waals surface area contributed by atoms with Crippen LogP contribution < -0.4 is 16.4 Å². The molecule has 4 N–H and O–H groups in total. The molecule has 5 nitrogen and oxygen atoms in total. The van der Waals surface area contributed by atoms with Crippen LogP contribution in [0.25, 0.3) is 0 Å². The first kappa shape index (κ1) is 20.0. The fourth-order valence-electron chi connectivity index (χ4n) is 2.40. The van der Waals surface area contributed by atoms with E-state index in [1.165, 1.54) is 12.8 Å². The number of primary amides is 1. The standard InChI is InChI=1S/C19H32N4O/c1-5-21-19(23-15(4)8-6-7-14(2)3)22-13-16-9-11-17(12-10-16)18(20)24/h9-12,14-15H,5-8,13H2,1-4H3,(H2,20,24)(H2,21,22,23). The van der Waals surface area contributed by atoms with Gasteiger partial charge in [0.05, 0.1) is 6.54 Å². The molecule has 1 atom stereocenters. The van der Waals surface area contributed by atoms with Gasteiger partial charge in [-0.3, -0.25) is 4.79 Å². The van der Waals surface area contributed by atoms with Gasteiger partial charge >= 0.3 is 0 Å². The van der Waals surface area contributed by atoms with E-state index in [1.54, 1.807) is 12.1 Å². The Labute approximate surface area is 146 Å². The molecule has 1 aromatic rings. The van der Waals surface area contributed by atoms with Crippen LogP contribution in [0.15, 0.2) is 29.3 Å². The van der Waals surface area contributed by atoms with Crippen LogP contribution in [0.3, 0.4) is 0 Å². The van der Waals surface area contributed by atoms with Crippen molar-refractivity contribution >= 4 is 11.9 Å². The lowest BCUT2D eigenvalue weighted by Crippen LogP contribution is -2.42. The van der Waals surface area contributed by atoms with Gasteiger partial charge in [-0.2, -0.15) is 0 Å². The number of nitrogens with one attached hydrogen (secondary N) is 2. The first-order valence-electron chi connectivity index (χ1n) is 8.86. The van der Waals surface area contributed by atoms with Gasteiger partial charge in [0, 0.05) is 18.2 Å². The minimum atomic E-state index is -0.407. The maximum absolute atomic E-state index is 11.1. The van der Waals surface area contributed by atoms with Crippen molar-refractivity contribution in [2.75, 3.05) is 6.54 Å². The molecule has 0 spiro atoms. The number of carbonyl (C=O) groups is 1. The Bertz CT molecular complexity index is 523. The van der Waals surface area contributed by atoms with Crippen LogP contribution in [0.4, 0.5) is 0 Å². The van der Waals surface area contributed by atoms with E-state index in [-0.39, 0.29) is 0 Å². The highest BCUT2D eigenvalue weighted by atomic mass is 16.1. The fraction of sp³-hybridized carbons (Fsp3) is 0.579. The zero-order valence-electron chi connectivity index (χ0n) is 15.4. The minimum Gasteiger partial charge on any atom is -0.366 e. The summed E-state index contributed by atoms with van der Waals surface area (Å²) in [4.78, 5) is 15.7. The van der Waals surface area contributed by atoms with E-state index in [4.69, 9.17) is 5.73 Å². The molecular formula is C19H32N4O. The minimum absolute atomic E-state index is 0.388. The van der Waals surface area contributed by atoms with Gasteiger partial charge in [0.15, 0.2) is 5.96 Å². The van der Waals surface area contributed by atoms with Gasteiger partial charge in [-0.1, -0.05) is 38.8 Å². The van der Waals surface area contributed by atoms with Crippen LogP contribution in [-0.2, 0) is 6.54 Å². The molecule has 134 valence electrons. The van der Waals surface area contributed by atoms with Crippen LogP contribution in [-0.4, -0.2) is 24.5 Å². The molecule has 0 aliphatic heterocycles. The second-order valence-corrected chi connectivity index (χ2v) is 6.63. The monoisotopic (exact) mass is 332 g/mol. The lowest BCUT2D eigenvalue weighted by atomic mass is 10.0. The summed E-state index contributed by atoms with van der Waals surface area (Å²) < 4.78 is 0. The summed E-state index contributed by atoms with van der Waals surface area (Å²) in [5.41, 5.74) is 6.82. The molecular weight excluding hydrogens is 300 g/mol. The number of nitrogens with zero attached hydrogens (tertiary/aromatic N) is 1. The summed E-state index contributed by atoms with van der Waals surface area (Å²) in [5, 5.41) is 6.73. The van der Waals surface area contributed by atoms with Crippen LogP contribution in [0, 0.1) is 5.92 Å². The van der Waals surface area contributed by atoms with Gasteiger partial charge < -0.3 is 16.4 Å². The third kappa shape index (κ3) is 7.99. The second kappa shape index (κ2) is 10.7. The average molecular weight is 332 g/mol. The highest BCUT2D eigenvalue weighted by Gasteiger charge is 2.06. The van der Waals surface area contributed by atoms with Gasteiger partial charge in [-0.05, 0) is 43.9 Å². The van der Waals surface area contributed by atoms with E-state index < -0.39 is 5.91 Å². The summed E-state index contributed by atoms with van der Waals surface area (Å²) in [6.45, 7) is 10.1. The number of rotatable bonds is 9. The van der Waals surface area contributed by atoms with Crippen molar-refractivity contribution in [3.63, 3.8) is 0 Å². The topological polar surface area (TPSA) is 79.5 Å². The average Bonchev–Trinajstić information content (AvgIpc) is 2.52. The quantitative estimate of drug-likeness (QED) is 0.480. The molecule has 1 rings (SSSR count).